The predicted octanol–water partition coefficient (Wildman–Crippen LogP) is 2.95. The van der Waals surface area contributed by atoms with Gasteiger partial charge in [0.05, 0.1) is 7.11 Å². The van der Waals surface area contributed by atoms with Crippen molar-refractivity contribution in [1.82, 2.24) is 5.48 Å². The predicted molar refractivity (Wildman–Crippen MR) is 60.7 cm³/mol. The molecule has 0 amide bonds. The Labute approximate surface area is 95.0 Å². The van der Waals surface area contributed by atoms with E-state index in [0.717, 1.165) is 16.9 Å². The number of methoxy groups -OCH3 is 1. The van der Waals surface area contributed by atoms with Crippen molar-refractivity contribution in [2.24, 2.45) is 0 Å². The summed E-state index contributed by atoms with van der Waals surface area (Å²) in [5.41, 5.74) is 3.99. The number of halogens is 1. The quantitative estimate of drug-likeness (QED) is 0.780. The molecule has 84 valence electrons. The van der Waals surface area contributed by atoms with Crippen LogP contribution in [0.2, 0.25) is 5.02 Å². The highest BCUT2D eigenvalue weighted by Crippen LogP contribution is 2.31. The van der Waals surface area contributed by atoms with Gasteiger partial charge in [-0.15, -0.1) is 0 Å². The first-order valence-electron chi connectivity index (χ1n) is 4.83. The Balaban J connectivity index is 3.16. The highest BCUT2D eigenvalue weighted by atomic mass is 35.5. The minimum absolute atomic E-state index is 0.321. The van der Waals surface area contributed by atoms with Crippen LogP contribution in [0, 0.1) is 0 Å². The van der Waals surface area contributed by atoms with E-state index in [0.29, 0.717) is 17.5 Å². The van der Waals surface area contributed by atoms with Crippen LogP contribution >= 0.6 is 11.6 Å². The first-order chi connectivity index (χ1) is 7.10. The van der Waals surface area contributed by atoms with Crippen LogP contribution in [0.5, 0.6) is 5.75 Å². The van der Waals surface area contributed by atoms with Gasteiger partial charge in [-0.05, 0) is 23.6 Å². The summed E-state index contributed by atoms with van der Waals surface area (Å²) in [7, 11) is 1.61. The van der Waals surface area contributed by atoms with Crippen LogP contribution in [0.15, 0.2) is 12.1 Å². The lowest BCUT2D eigenvalue weighted by atomic mass is 10.0. The van der Waals surface area contributed by atoms with Crippen molar-refractivity contribution in [3.8, 4) is 5.75 Å². The van der Waals surface area contributed by atoms with Crippen molar-refractivity contribution in [2.45, 2.75) is 26.3 Å². The van der Waals surface area contributed by atoms with E-state index >= 15 is 0 Å². The maximum atomic E-state index is 8.66. The van der Waals surface area contributed by atoms with E-state index in [1.165, 1.54) is 0 Å². The molecule has 0 aromatic heterocycles. The van der Waals surface area contributed by atoms with Crippen LogP contribution in [0.3, 0.4) is 0 Å². The zero-order valence-electron chi connectivity index (χ0n) is 9.17. The van der Waals surface area contributed by atoms with E-state index in [1.807, 2.05) is 12.1 Å². The number of ether oxygens (including phenoxy) is 1. The molecule has 0 aliphatic heterocycles. The minimum atomic E-state index is 0.321. The molecule has 0 heterocycles. The Bertz CT molecular complexity index is 340. The van der Waals surface area contributed by atoms with Crippen LogP contribution < -0.4 is 10.2 Å². The van der Waals surface area contributed by atoms with Crippen LogP contribution in [0.4, 0.5) is 0 Å². The molecule has 0 fully saturated rings. The minimum Gasteiger partial charge on any atom is -0.496 e. The van der Waals surface area contributed by atoms with Crippen molar-refractivity contribution in [1.29, 1.82) is 0 Å². The largest absolute Gasteiger partial charge is 0.496 e. The third-order valence-electron chi connectivity index (χ3n) is 2.29. The maximum absolute atomic E-state index is 8.66. The molecule has 1 aromatic rings. The molecule has 0 saturated heterocycles. The van der Waals surface area contributed by atoms with Gasteiger partial charge in [-0.2, -0.15) is 0 Å². The second kappa shape index (κ2) is 5.35. The number of benzene rings is 1. The molecule has 2 N–H and O–H groups in total. The summed E-state index contributed by atoms with van der Waals surface area (Å²) in [4.78, 5) is 0. The summed E-state index contributed by atoms with van der Waals surface area (Å²) >= 11 is 6.12. The van der Waals surface area contributed by atoms with E-state index < -0.39 is 0 Å². The molecule has 15 heavy (non-hydrogen) atoms. The highest BCUT2D eigenvalue weighted by Gasteiger charge is 2.11. The van der Waals surface area contributed by atoms with Gasteiger partial charge in [0.25, 0.3) is 0 Å². The third-order valence-corrected chi connectivity index (χ3v) is 2.62. The molecule has 0 aliphatic carbocycles. The van der Waals surface area contributed by atoms with Crippen molar-refractivity contribution < 1.29 is 9.94 Å². The lowest BCUT2D eigenvalue weighted by Gasteiger charge is -2.14. The molecule has 0 radical (unpaired) electrons. The molecular weight excluding hydrogens is 214 g/mol. The Morgan fingerprint density at radius 2 is 2.13 bits per heavy atom. The van der Waals surface area contributed by atoms with Crippen LogP contribution in [-0.4, -0.2) is 12.3 Å². The van der Waals surface area contributed by atoms with Gasteiger partial charge >= 0.3 is 0 Å². The van der Waals surface area contributed by atoms with Crippen LogP contribution in [0.1, 0.15) is 30.9 Å². The van der Waals surface area contributed by atoms with Crippen molar-refractivity contribution in [3.63, 3.8) is 0 Å². The third kappa shape index (κ3) is 2.84. The molecule has 0 bridgehead atoms. The molecule has 0 spiro atoms. The van der Waals surface area contributed by atoms with Gasteiger partial charge in [0.2, 0.25) is 0 Å². The van der Waals surface area contributed by atoms with Gasteiger partial charge < -0.3 is 9.94 Å². The van der Waals surface area contributed by atoms with Gasteiger partial charge in [-0.1, -0.05) is 25.4 Å². The van der Waals surface area contributed by atoms with E-state index in [1.54, 1.807) is 7.11 Å². The molecule has 0 aliphatic rings. The molecule has 0 saturated carbocycles. The Kier molecular flexibility index (Phi) is 4.39. The second-order valence-corrected chi connectivity index (χ2v) is 4.08. The lowest BCUT2D eigenvalue weighted by Crippen LogP contribution is -2.08. The standard InChI is InChI=1S/C11H16ClNO2/c1-7(2)9-5-11(15-3)8(6-13-14)4-10(9)12/h4-5,7,13-14H,6H2,1-3H3. The Hall–Kier alpha value is -0.770. The normalized spacial score (nSPS) is 10.8. The molecule has 4 heteroatoms. The molecular formula is C11H16ClNO2. The van der Waals surface area contributed by atoms with Gasteiger partial charge in [0.1, 0.15) is 5.75 Å². The molecule has 0 unspecified atom stereocenters. The molecule has 0 atom stereocenters. The molecule has 3 nitrogen and oxygen atoms in total. The topological polar surface area (TPSA) is 41.5 Å². The fourth-order valence-electron chi connectivity index (χ4n) is 1.47. The summed E-state index contributed by atoms with van der Waals surface area (Å²) in [6, 6.07) is 3.73. The zero-order chi connectivity index (χ0) is 11.4. The maximum Gasteiger partial charge on any atom is 0.123 e. The van der Waals surface area contributed by atoms with Gasteiger partial charge in [0.15, 0.2) is 0 Å². The molecule has 1 aromatic carbocycles. The number of rotatable bonds is 4. The van der Waals surface area contributed by atoms with E-state index in [2.05, 4.69) is 19.3 Å². The Morgan fingerprint density at radius 1 is 1.47 bits per heavy atom. The summed E-state index contributed by atoms with van der Waals surface area (Å²) in [5, 5.41) is 9.37. The van der Waals surface area contributed by atoms with Crippen molar-refractivity contribution in [2.75, 3.05) is 7.11 Å². The molecule has 1 rings (SSSR count). The Morgan fingerprint density at radius 3 is 2.60 bits per heavy atom. The summed E-state index contributed by atoms with van der Waals surface area (Å²) in [6.45, 7) is 4.47. The SMILES string of the molecule is COc1cc(C(C)C)c(Cl)cc1CNO. The number of hydroxylamine groups is 1. The monoisotopic (exact) mass is 229 g/mol. The van der Waals surface area contributed by atoms with Gasteiger partial charge in [0, 0.05) is 17.1 Å². The van der Waals surface area contributed by atoms with E-state index in [-0.39, 0.29) is 0 Å². The average Bonchev–Trinajstić information content (AvgIpc) is 2.18. The first-order valence-corrected chi connectivity index (χ1v) is 5.21. The van der Waals surface area contributed by atoms with Gasteiger partial charge in [-0.3, -0.25) is 0 Å². The smallest absolute Gasteiger partial charge is 0.123 e. The van der Waals surface area contributed by atoms with E-state index in [4.69, 9.17) is 21.5 Å². The fourth-order valence-corrected chi connectivity index (χ4v) is 1.87. The number of nitrogens with one attached hydrogen (secondary N) is 1. The summed E-state index contributed by atoms with van der Waals surface area (Å²) in [6.07, 6.45) is 0. The summed E-state index contributed by atoms with van der Waals surface area (Å²) < 4.78 is 5.23. The first kappa shape index (κ1) is 12.3. The van der Waals surface area contributed by atoms with Crippen LogP contribution in [0.25, 0.3) is 0 Å². The number of hydrogen-bond donors (Lipinski definition) is 2. The van der Waals surface area contributed by atoms with Crippen LogP contribution in [-0.2, 0) is 6.54 Å². The fraction of sp³-hybridized carbons (Fsp3) is 0.455. The lowest BCUT2D eigenvalue weighted by molar-refractivity contribution is 0.160. The van der Waals surface area contributed by atoms with Crippen molar-refractivity contribution >= 4 is 11.6 Å². The van der Waals surface area contributed by atoms with E-state index in [9.17, 15) is 0 Å². The van der Waals surface area contributed by atoms with Crippen molar-refractivity contribution in [3.05, 3.63) is 28.3 Å². The average molecular weight is 230 g/mol. The zero-order valence-corrected chi connectivity index (χ0v) is 9.93. The second-order valence-electron chi connectivity index (χ2n) is 3.68. The highest BCUT2D eigenvalue weighted by molar-refractivity contribution is 6.31. The number of hydrogen-bond acceptors (Lipinski definition) is 3. The summed E-state index contributed by atoms with van der Waals surface area (Å²) in [5.74, 6) is 1.09. The van der Waals surface area contributed by atoms with Gasteiger partial charge in [-0.25, -0.2) is 5.48 Å².